The van der Waals surface area contributed by atoms with Crippen LogP contribution in [0.15, 0.2) is 24.3 Å². The van der Waals surface area contributed by atoms with Crippen molar-refractivity contribution in [3.63, 3.8) is 0 Å². The molecule has 0 aliphatic heterocycles. The molecule has 0 saturated carbocycles. The minimum Gasteiger partial charge on any atom is -0.383 e. The Kier molecular flexibility index (Phi) is 3.36. The highest BCUT2D eigenvalue weighted by Crippen LogP contribution is 2.33. The third-order valence-corrected chi connectivity index (χ3v) is 4.26. The number of aryl methyl sites for hydroxylation is 4. The number of benzene rings is 1. The molecule has 1 atom stereocenters. The molecule has 0 aliphatic rings. The molecular formula is C15H18OS. The van der Waals surface area contributed by atoms with Gasteiger partial charge in [0.1, 0.15) is 6.10 Å². The summed E-state index contributed by atoms with van der Waals surface area (Å²) < 4.78 is 0. The average Bonchev–Trinajstić information content (AvgIpc) is 2.60. The average molecular weight is 246 g/mol. The maximum absolute atomic E-state index is 10.5. The molecule has 0 saturated heterocycles. The quantitative estimate of drug-likeness (QED) is 0.847. The van der Waals surface area contributed by atoms with Crippen molar-refractivity contribution in [2.24, 2.45) is 0 Å². The van der Waals surface area contributed by atoms with Gasteiger partial charge in [-0.15, -0.1) is 11.3 Å². The van der Waals surface area contributed by atoms with Gasteiger partial charge in [0.25, 0.3) is 0 Å². The summed E-state index contributed by atoms with van der Waals surface area (Å²) in [4.78, 5) is 2.32. The molecule has 1 unspecified atom stereocenters. The summed E-state index contributed by atoms with van der Waals surface area (Å²) in [5.41, 5.74) is 4.54. The van der Waals surface area contributed by atoms with Gasteiger partial charge in [-0.05, 0) is 50.5 Å². The molecule has 2 heteroatoms. The lowest BCUT2D eigenvalue weighted by molar-refractivity contribution is 0.222. The van der Waals surface area contributed by atoms with Crippen molar-refractivity contribution < 1.29 is 5.11 Å². The Balaban J connectivity index is 2.46. The smallest absolute Gasteiger partial charge is 0.114 e. The van der Waals surface area contributed by atoms with Crippen LogP contribution in [0, 0.1) is 27.7 Å². The van der Waals surface area contributed by atoms with Crippen LogP contribution in [0.5, 0.6) is 0 Å². The largest absolute Gasteiger partial charge is 0.383 e. The highest BCUT2D eigenvalue weighted by Gasteiger charge is 2.17. The lowest BCUT2D eigenvalue weighted by Crippen LogP contribution is -2.01. The molecule has 0 fully saturated rings. The molecule has 2 aromatic rings. The van der Waals surface area contributed by atoms with Crippen molar-refractivity contribution in [2.75, 3.05) is 0 Å². The number of rotatable bonds is 2. The van der Waals surface area contributed by atoms with Crippen LogP contribution >= 0.6 is 11.3 Å². The Morgan fingerprint density at radius 3 is 2.29 bits per heavy atom. The molecule has 1 aromatic carbocycles. The first-order valence-electron chi connectivity index (χ1n) is 5.81. The Bertz CT molecular complexity index is 540. The molecule has 1 nitrogen and oxygen atoms in total. The molecule has 0 radical (unpaired) electrons. The van der Waals surface area contributed by atoms with Gasteiger partial charge in [-0.3, -0.25) is 0 Å². The number of aliphatic hydroxyl groups excluding tert-OH is 1. The van der Waals surface area contributed by atoms with Crippen LogP contribution in [-0.2, 0) is 0 Å². The fourth-order valence-corrected chi connectivity index (χ4v) is 3.17. The van der Waals surface area contributed by atoms with Crippen LogP contribution in [0.25, 0.3) is 0 Å². The predicted octanol–water partition coefficient (Wildman–Crippen LogP) is 4.06. The molecule has 0 spiro atoms. The molecule has 1 aromatic heterocycles. The van der Waals surface area contributed by atoms with E-state index in [0.29, 0.717) is 0 Å². The number of aliphatic hydroxyl groups is 1. The summed E-state index contributed by atoms with van der Waals surface area (Å²) >= 11 is 1.68. The molecule has 1 heterocycles. The lowest BCUT2D eigenvalue weighted by atomic mass is 9.98. The van der Waals surface area contributed by atoms with Gasteiger partial charge in [0.05, 0.1) is 0 Å². The standard InChI is InChI=1S/C15H18OS/c1-9-5-6-10(2)13(7-9)14(16)15-11(3)8-12(4)17-15/h5-8,14,16H,1-4H3. The van der Waals surface area contributed by atoms with Crippen LogP contribution in [0.4, 0.5) is 0 Å². The second-order valence-electron chi connectivity index (χ2n) is 4.67. The molecule has 2 rings (SSSR count). The van der Waals surface area contributed by atoms with E-state index in [4.69, 9.17) is 0 Å². The number of hydrogen-bond acceptors (Lipinski definition) is 2. The van der Waals surface area contributed by atoms with Gasteiger partial charge in [0.15, 0.2) is 0 Å². The number of hydrogen-bond donors (Lipinski definition) is 1. The second-order valence-corrected chi connectivity index (χ2v) is 5.95. The Hall–Kier alpha value is -1.12. The van der Waals surface area contributed by atoms with Gasteiger partial charge in [-0.25, -0.2) is 0 Å². The summed E-state index contributed by atoms with van der Waals surface area (Å²) in [5, 5.41) is 10.5. The summed E-state index contributed by atoms with van der Waals surface area (Å²) in [5.74, 6) is 0. The fraction of sp³-hybridized carbons (Fsp3) is 0.333. The van der Waals surface area contributed by atoms with Gasteiger partial charge in [-0.2, -0.15) is 0 Å². The minimum absolute atomic E-state index is 0.492. The monoisotopic (exact) mass is 246 g/mol. The topological polar surface area (TPSA) is 20.2 Å². The van der Waals surface area contributed by atoms with Crippen LogP contribution < -0.4 is 0 Å². The Morgan fingerprint density at radius 1 is 1.00 bits per heavy atom. The maximum atomic E-state index is 10.5. The molecule has 0 bridgehead atoms. The third-order valence-electron chi connectivity index (χ3n) is 3.06. The first-order chi connectivity index (χ1) is 7.99. The molecule has 1 N–H and O–H groups in total. The normalized spacial score (nSPS) is 12.8. The number of thiophene rings is 1. The van der Waals surface area contributed by atoms with Gasteiger partial charge in [0, 0.05) is 9.75 Å². The highest BCUT2D eigenvalue weighted by atomic mass is 32.1. The van der Waals surface area contributed by atoms with E-state index in [0.717, 1.165) is 16.0 Å². The van der Waals surface area contributed by atoms with Crippen molar-refractivity contribution in [2.45, 2.75) is 33.8 Å². The summed E-state index contributed by atoms with van der Waals surface area (Å²) in [7, 11) is 0. The van der Waals surface area contributed by atoms with E-state index in [2.05, 4.69) is 45.0 Å². The van der Waals surface area contributed by atoms with Gasteiger partial charge in [-0.1, -0.05) is 23.8 Å². The molecule has 0 aliphatic carbocycles. The first kappa shape index (κ1) is 12.3. The Morgan fingerprint density at radius 2 is 1.71 bits per heavy atom. The minimum atomic E-state index is -0.492. The third kappa shape index (κ3) is 2.43. The Labute approximate surface area is 107 Å². The zero-order chi connectivity index (χ0) is 12.6. The molecule has 0 amide bonds. The summed E-state index contributed by atoms with van der Waals surface area (Å²) in [6.07, 6.45) is -0.492. The van der Waals surface area contributed by atoms with Crippen LogP contribution in [0.1, 0.15) is 38.1 Å². The highest BCUT2D eigenvalue weighted by molar-refractivity contribution is 7.12. The van der Waals surface area contributed by atoms with Gasteiger partial charge >= 0.3 is 0 Å². The summed E-state index contributed by atoms with van der Waals surface area (Å²) in [6, 6.07) is 8.37. The van der Waals surface area contributed by atoms with Crippen molar-refractivity contribution >= 4 is 11.3 Å². The second kappa shape index (κ2) is 4.63. The predicted molar refractivity (Wildman–Crippen MR) is 73.8 cm³/mol. The van der Waals surface area contributed by atoms with Gasteiger partial charge in [0.2, 0.25) is 0 Å². The van der Waals surface area contributed by atoms with Crippen molar-refractivity contribution in [3.8, 4) is 0 Å². The SMILES string of the molecule is Cc1ccc(C)c(C(O)c2sc(C)cc2C)c1. The van der Waals surface area contributed by atoms with E-state index in [1.54, 1.807) is 11.3 Å². The maximum Gasteiger partial charge on any atom is 0.114 e. The molecule has 90 valence electrons. The van der Waals surface area contributed by atoms with Crippen molar-refractivity contribution in [1.82, 2.24) is 0 Å². The van der Waals surface area contributed by atoms with Gasteiger partial charge < -0.3 is 5.11 Å². The molecule has 17 heavy (non-hydrogen) atoms. The zero-order valence-electron chi connectivity index (χ0n) is 10.7. The van der Waals surface area contributed by atoms with E-state index in [9.17, 15) is 5.11 Å². The van der Waals surface area contributed by atoms with Crippen LogP contribution in [0.2, 0.25) is 0 Å². The summed E-state index contributed by atoms with van der Waals surface area (Å²) in [6.45, 7) is 8.25. The van der Waals surface area contributed by atoms with Crippen LogP contribution in [0.3, 0.4) is 0 Å². The van der Waals surface area contributed by atoms with E-state index < -0.39 is 6.10 Å². The first-order valence-corrected chi connectivity index (χ1v) is 6.63. The fourth-order valence-electron chi connectivity index (χ4n) is 2.13. The van der Waals surface area contributed by atoms with E-state index >= 15 is 0 Å². The van der Waals surface area contributed by atoms with Crippen molar-refractivity contribution in [1.29, 1.82) is 0 Å². The van der Waals surface area contributed by atoms with Crippen LogP contribution in [-0.4, -0.2) is 5.11 Å². The zero-order valence-corrected chi connectivity index (χ0v) is 11.6. The van der Waals surface area contributed by atoms with E-state index in [1.165, 1.54) is 16.0 Å². The van der Waals surface area contributed by atoms with E-state index in [-0.39, 0.29) is 0 Å². The van der Waals surface area contributed by atoms with Crippen molar-refractivity contribution in [3.05, 3.63) is 56.3 Å². The molecular weight excluding hydrogens is 228 g/mol. The van der Waals surface area contributed by atoms with E-state index in [1.807, 2.05) is 6.92 Å². The lowest BCUT2D eigenvalue weighted by Gasteiger charge is -2.14.